The molecule has 1 saturated heterocycles. The number of benzene rings is 1. The number of rotatable bonds is 4. The fourth-order valence-electron chi connectivity index (χ4n) is 2.51. The summed E-state index contributed by atoms with van der Waals surface area (Å²) in [5, 5.41) is 0. The van der Waals surface area contributed by atoms with Crippen LogP contribution in [-0.2, 0) is 14.9 Å². The van der Waals surface area contributed by atoms with Gasteiger partial charge >= 0.3 is 0 Å². The van der Waals surface area contributed by atoms with Crippen molar-refractivity contribution in [2.75, 3.05) is 46.5 Å². The van der Waals surface area contributed by atoms with E-state index in [1.807, 2.05) is 24.3 Å². The number of para-hydroxylation sites is 2. The highest BCUT2D eigenvalue weighted by Crippen LogP contribution is 2.31. The van der Waals surface area contributed by atoms with Gasteiger partial charge in [0, 0.05) is 20.1 Å². The van der Waals surface area contributed by atoms with Crippen LogP contribution in [-0.4, -0.2) is 69.6 Å². The molecule has 0 spiro atoms. The van der Waals surface area contributed by atoms with Crippen molar-refractivity contribution in [3.8, 4) is 11.5 Å². The maximum absolute atomic E-state index is 12.5. The maximum Gasteiger partial charge on any atom is 0.282 e. The zero-order valence-corrected chi connectivity index (χ0v) is 13.3. The minimum absolute atomic E-state index is 0.244. The van der Waals surface area contributed by atoms with E-state index in [4.69, 9.17) is 14.2 Å². The first-order chi connectivity index (χ1) is 10.6. The van der Waals surface area contributed by atoms with Crippen LogP contribution in [0.15, 0.2) is 24.3 Å². The molecule has 1 fully saturated rings. The van der Waals surface area contributed by atoms with Gasteiger partial charge in [-0.15, -0.1) is 0 Å². The number of likely N-dealkylation sites (N-methyl/N-ethyl adjacent to an activating group) is 1. The molecule has 0 aliphatic carbocycles. The van der Waals surface area contributed by atoms with Gasteiger partial charge in [0.1, 0.15) is 12.7 Å². The van der Waals surface area contributed by atoms with Crippen LogP contribution in [0.3, 0.4) is 0 Å². The third-order valence-electron chi connectivity index (χ3n) is 3.72. The molecule has 22 heavy (non-hydrogen) atoms. The van der Waals surface area contributed by atoms with Gasteiger partial charge in [-0.05, 0) is 12.1 Å². The zero-order chi connectivity index (χ0) is 15.6. The Morgan fingerprint density at radius 3 is 2.64 bits per heavy atom. The maximum atomic E-state index is 12.5. The van der Waals surface area contributed by atoms with E-state index >= 15 is 0 Å². The lowest BCUT2D eigenvalue weighted by atomic mass is 10.2. The highest BCUT2D eigenvalue weighted by molar-refractivity contribution is 7.86. The third kappa shape index (κ3) is 3.19. The summed E-state index contributed by atoms with van der Waals surface area (Å²) in [7, 11) is -1.92. The van der Waals surface area contributed by atoms with Crippen LogP contribution >= 0.6 is 0 Å². The lowest BCUT2D eigenvalue weighted by Gasteiger charge is -2.33. The van der Waals surface area contributed by atoms with E-state index in [1.165, 1.54) is 8.61 Å². The minimum atomic E-state index is -3.49. The van der Waals surface area contributed by atoms with Crippen molar-refractivity contribution in [1.82, 2.24) is 8.61 Å². The van der Waals surface area contributed by atoms with Gasteiger partial charge in [-0.1, -0.05) is 12.1 Å². The van der Waals surface area contributed by atoms with E-state index in [0.29, 0.717) is 44.4 Å². The predicted octanol–water partition coefficient (Wildman–Crippen LogP) is 0.335. The Bertz CT molecular complexity index is 615. The van der Waals surface area contributed by atoms with Crippen LogP contribution < -0.4 is 9.47 Å². The van der Waals surface area contributed by atoms with E-state index in [0.717, 1.165) is 0 Å². The number of nitrogens with zero attached hydrogens (tertiary/aromatic N) is 2. The van der Waals surface area contributed by atoms with E-state index in [-0.39, 0.29) is 12.6 Å². The molecule has 0 saturated carbocycles. The molecule has 122 valence electrons. The molecule has 1 aromatic carbocycles. The molecule has 2 aliphatic rings. The molecule has 0 radical (unpaired) electrons. The summed E-state index contributed by atoms with van der Waals surface area (Å²) < 4.78 is 44.4. The van der Waals surface area contributed by atoms with Gasteiger partial charge in [0.25, 0.3) is 10.2 Å². The van der Waals surface area contributed by atoms with Gasteiger partial charge in [0.15, 0.2) is 11.5 Å². The summed E-state index contributed by atoms with van der Waals surface area (Å²) in [6, 6.07) is 7.38. The molecule has 1 aromatic rings. The van der Waals surface area contributed by atoms with Crippen LogP contribution in [0.1, 0.15) is 0 Å². The van der Waals surface area contributed by atoms with Gasteiger partial charge in [-0.2, -0.15) is 17.0 Å². The first-order valence-corrected chi connectivity index (χ1v) is 8.65. The lowest BCUT2D eigenvalue weighted by molar-refractivity contribution is 0.0642. The largest absolute Gasteiger partial charge is 0.486 e. The van der Waals surface area contributed by atoms with Crippen LogP contribution in [0.25, 0.3) is 0 Å². The molecule has 3 rings (SSSR count). The number of hydrogen-bond acceptors (Lipinski definition) is 5. The molecule has 0 aromatic heterocycles. The summed E-state index contributed by atoms with van der Waals surface area (Å²) >= 11 is 0. The normalized spacial score (nSPS) is 22.7. The quantitative estimate of drug-likeness (QED) is 0.797. The van der Waals surface area contributed by atoms with Gasteiger partial charge in [-0.25, -0.2) is 0 Å². The molecule has 7 nitrogen and oxygen atoms in total. The highest BCUT2D eigenvalue weighted by Gasteiger charge is 2.32. The minimum Gasteiger partial charge on any atom is -0.486 e. The Kier molecular flexibility index (Phi) is 4.53. The molecule has 1 atom stereocenters. The van der Waals surface area contributed by atoms with E-state index in [1.54, 1.807) is 7.05 Å². The summed E-state index contributed by atoms with van der Waals surface area (Å²) in [6.07, 6.45) is -0.323. The average Bonchev–Trinajstić information content (AvgIpc) is 2.55. The fourth-order valence-corrected chi connectivity index (χ4v) is 3.87. The molecular formula is C14H20N2O5S. The number of hydrogen-bond donors (Lipinski definition) is 0. The van der Waals surface area contributed by atoms with Crippen molar-refractivity contribution in [3.63, 3.8) is 0 Å². The van der Waals surface area contributed by atoms with E-state index in [2.05, 4.69) is 0 Å². The van der Waals surface area contributed by atoms with Gasteiger partial charge < -0.3 is 14.2 Å². The summed E-state index contributed by atoms with van der Waals surface area (Å²) in [4.78, 5) is 0. The first kappa shape index (κ1) is 15.5. The molecule has 2 heterocycles. The van der Waals surface area contributed by atoms with Crippen LogP contribution in [0.2, 0.25) is 0 Å². The smallest absolute Gasteiger partial charge is 0.282 e. The topological polar surface area (TPSA) is 68.3 Å². The van der Waals surface area contributed by atoms with Crippen molar-refractivity contribution in [2.45, 2.75) is 6.10 Å². The Morgan fingerprint density at radius 1 is 1.23 bits per heavy atom. The molecule has 2 aliphatic heterocycles. The molecule has 0 N–H and O–H groups in total. The van der Waals surface area contributed by atoms with E-state index in [9.17, 15) is 8.42 Å². The molecule has 8 heteroatoms. The summed E-state index contributed by atoms with van der Waals surface area (Å²) in [5.74, 6) is 1.34. The number of fused-ring (bicyclic) bond motifs is 1. The fraction of sp³-hybridized carbons (Fsp3) is 0.571. The second-order valence-corrected chi connectivity index (χ2v) is 7.33. The Labute approximate surface area is 130 Å². The Morgan fingerprint density at radius 2 is 1.91 bits per heavy atom. The zero-order valence-electron chi connectivity index (χ0n) is 12.5. The summed E-state index contributed by atoms with van der Waals surface area (Å²) in [5.41, 5.74) is 0. The number of ether oxygens (including phenoxy) is 3. The van der Waals surface area contributed by atoms with Crippen LogP contribution in [0.5, 0.6) is 11.5 Å². The van der Waals surface area contributed by atoms with Crippen LogP contribution in [0.4, 0.5) is 0 Å². The molecule has 0 amide bonds. The predicted molar refractivity (Wildman–Crippen MR) is 80.3 cm³/mol. The lowest BCUT2D eigenvalue weighted by Crippen LogP contribution is -2.50. The Hall–Kier alpha value is -1.35. The van der Waals surface area contributed by atoms with Gasteiger partial charge in [0.05, 0.1) is 19.8 Å². The van der Waals surface area contributed by atoms with Crippen molar-refractivity contribution < 1.29 is 22.6 Å². The van der Waals surface area contributed by atoms with Gasteiger partial charge in [-0.3, -0.25) is 0 Å². The number of morpholine rings is 1. The van der Waals surface area contributed by atoms with Crippen molar-refractivity contribution in [1.29, 1.82) is 0 Å². The van der Waals surface area contributed by atoms with E-state index < -0.39 is 10.2 Å². The second kappa shape index (κ2) is 6.41. The first-order valence-electron chi connectivity index (χ1n) is 7.25. The third-order valence-corrected chi connectivity index (χ3v) is 5.67. The van der Waals surface area contributed by atoms with Gasteiger partial charge in [0.2, 0.25) is 0 Å². The molecule has 0 bridgehead atoms. The van der Waals surface area contributed by atoms with Crippen molar-refractivity contribution >= 4 is 10.2 Å². The van der Waals surface area contributed by atoms with Crippen LogP contribution in [0, 0.1) is 0 Å². The Balaban J connectivity index is 1.63. The molecule has 0 unspecified atom stereocenters. The standard InChI is InChI=1S/C14H20N2O5S/c1-15(22(17,18)16-6-8-19-9-7-16)10-12-11-20-13-4-2-3-5-14(13)21-12/h2-5,12H,6-11H2,1H3/t12-/m1/s1. The SMILES string of the molecule is CN(C[C@@H]1COc2ccccc2O1)S(=O)(=O)N1CCOCC1. The van der Waals surface area contributed by atoms with Crippen molar-refractivity contribution in [2.24, 2.45) is 0 Å². The van der Waals surface area contributed by atoms with Crippen molar-refractivity contribution in [3.05, 3.63) is 24.3 Å². The summed E-state index contributed by atoms with van der Waals surface area (Å²) in [6.45, 7) is 2.22. The monoisotopic (exact) mass is 328 g/mol. The molecular weight excluding hydrogens is 308 g/mol. The second-order valence-electron chi connectivity index (χ2n) is 5.30. The average molecular weight is 328 g/mol. The highest BCUT2D eigenvalue weighted by atomic mass is 32.2.